The number of alkyl halides is 6. The minimum Gasteiger partial charge on any atom is -0.331 e. The van der Waals surface area contributed by atoms with E-state index in [2.05, 4.69) is 5.10 Å². The fraction of sp³-hybridized carbons (Fsp3) is 0.538. The summed E-state index contributed by atoms with van der Waals surface area (Å²) in [5.74, 6) is -1.99. The molecule has 1 saturated heterocycles. The van der Waals surface area contributed by atoms with Crippen LogP contribution in [0.3, 0.4) is 0 Å². The van der Waals surface area contributed by atoms with Crippen molar-refractivity contribution in [2.45, 2.75) is 67.1 Å². The number of rotatable bonds is 7. The standard InChI is InChI=1S/C26H24F6N4O4S/c1-35-18(11-21(34-35)25(27,28)29)15-2-4-16(5-3-15)41(39,40)17-10-19(20(37)12-23(14-33)6-7-23)36(13-17)22(38)24(8-9-24)26(30,31)32/h2-5,11,17,19H,6-10,12-13H2,1H3/t17-,19+/m1/s1. The minimum absolute atomic E-state index is 0.0675. The summed E-state index contributed by atoms with van der Waals surface area (Å²) in [6.45, 7) is -0.632. The molecule has 5 rings (SSSR count). The van der Waals surface area contributed by atoms with Gasteiger partial charge >= 0.3 is 12.4 Å². The maximum Gasteiger partial charge on any atom is 0.435 e. The lowest BCUT2D eigenvalue weighted by Crippen LogP contribution is -2.49. The molecule has 1 amide bonds. The zero-order valence-electron chi connectivity index (χ0n) is 21.6. The van der Waals surface area contributed by atoms with Crippen LogP contribution in [0.25, 0.3) is 11.3 Å². The monoisotopic (exact) mass is 602 g/mol. The quantitative estimate of drug-likeness (QED) is 0.433. The Morgan fingerprint density at radius 3 is 2.15 bits per heavy atom. The summed E-state index contributed by atoms with van der Waals surface area (Å²) in [5.41, 5.74) is -4.43. The van der Waals surface area contributed by atoms with Gasteiger partial charge in [0.25, 0.3) is 0 Å². The van der Waals surface area contributed by atoms with E-state index in [1.807, 2.05) is 6.07 Å². The number of amides is 1. The molecule has 15 heteroatoms. The van der Waals surface area contributed by atoms with Gasteiger partial charge in [-0.1, -0.05) is 12.1 Å². The van der Waals surface area contributed by atoms with E-state index in [-0.39, 0.29) is 22.6 Å². The van der Waals surface area contributed by atoms with Gasteiger partial charge < -0.3 is 4.90 Å². The molecule has 0 bridgehead atoms. The molecule has 2 aliphatic carbocycles. The molecule has 2 atom stereocenters. The zero-order valence-corrected chi connectivity index (χ0v) is 22.4. The zero-order chi connectivity index (χ0) is 30.2. The third-order valence-electron chi connectivity index (χ3n) is 8.29. The molecule has 1 aromatic heterocycles. The van der Waals surface area contributed by atoms with Crippen LogP contribution in [0.2, 0.25) is 0 Å². The predicted octanol–water partition coefficient (Wildman–Crippen LogP) is 4.45. The van der Waals surface area contributed by atoms with Crippen molar-refractivity contribution in [1.29, 1.82) is 5.26 Å². The van der Waals surface area contributed by atoms with Crippen molar-refractivity contribution in [3.05, 3.63) is 36.0 Å². The summed E-state index contributed by atoms with van der Waals surface area (Å²) in [5, 5.41) is 11.4. The lowest BCUT2D eigenvalue weighted by molar-refractivity contribution is -0.199. The van der Waals surface area contributed by atoms with Crippen molar-refractivity contribution in [2.75, 3.05) is 6.54 Å². The van der Waals surface area contributed by atoms with Crippen LogP contribution >= 0.6 is 0 Å². The number of carbonyl (C=O) groups excluding carboxylic acids is 2. The summed E-state index contributed by atoms with van der Waals surface area (Å²) >= 11 is 0. The van der Waals surface area contributed by atoms with Gasteiger partial charge in [-0.05, 0) is 55.9 Å². The third-order valence-corrected chi connectivity index (χ3v) is 10.4. The Hall–Kier alpha value is -3.41. The van der Waals surface area contributed by atoms with E-state index in [0.29, 0.717) is 12.8 Å². The second-order valence-corrected chi connectivity index (χ2v) is 13.3. The number of likely N-dealkylation sites (tertiary alicyclic amines) is 1. The van der Waals surface area contributed by atoms with Gasteiger partial charge in [-0.2, -0.15) is 36.7 Å². The first kappa shape index (κ1) is 29.1. The van der Waals surface area contributed by atoms with Crippen molar-refractivity contribution in [1.82, 2.24) is 14.7 Å². The number of sulfone groups is 1. The second kappa shape index (κ2) is 9.30. The van der Waals surface area contributed by atoms with Crippen LogP contribution in [0, 0.1) is 22.2 Å². The maximum atomic E-state index is 13.8. The number of benzene rings is 1. The molecule has 2 aromatic rings. The van der Waals surface area contributed by atoms with Crippen LogP contribution in [-0.2, 0) is 32.7 Å². The SMILES string of the molecule is Cn1nc(C(F)(F)F)cc1-c1ccc(S(=O)(=O)[C@@H]2C[C@@H](C(=O)CC3(C#N)CC3)N(C(=O)C3(C(F)(F)F)CC3)C2)cc1. The number of Topliss-reactive ketones (excluding diaryl/α,β-unsaturated/α-hetero) is 1. The average Bonchev–Trinajstić information content (AvgIpc) is 3.78. The summed E-state index contributed by atoms with van der Waals surface area (Å²) in [6.07, 6.45) is -10.3. The Morgan fingerprint density at radius 2 is 1.68 bits per heavy atom. The van der Waals surface area contributed by atoms with Gasteiger partial charge in [0.1, 0.15) is 5.41 Å². The normalized spacial score (nSPS) is 23.2. The van der Waals surface area contributed by atoms with E-state index in [9.17, 15) is 49.6 Å². The first-order chi connectivity index (χ1) is 18.9. The van der Waals surface area contributed by atoms with Crippen LogP contribution in [0.1, 0.15) is 44.2 Å². The Bertz CT molecular complexity index is 1550. The number of aromatic nitrogens is 2. The molecule has 1 aromatic carbocycles. The average molecular weight is 603 g/mol. The molecule has 3 fully saturated rings. The summed E-state index contributed by atoms with van der Waals surface area (Å²) < 4.78 is 109. The van der Waals surface area contributed by atoms with Gasteiger partial charge in [0, 0.05) is 20.0 Å². The van der Waals surface area contributed by atoms with Gasteiger partial charge in [0.15, 0.2) is 21.3 Å². The number of nitrogens with zero attached hydrogens (tertiary/aromatic N) is 4. The van der Waals surface area contributed by atoms with Crippen LogP contribution in [-0.4, -0.2) is 58.8 Å². The predicted molar refractivity (Wildman–Crippen MR) is 129 cm³/mol. The number of ketones is 1. The first-order valence-electron chi connectivity index (χ1n) is 12.7. The molecular weight excluding hydrogens is 578 g/mol. The topological polar surface area (TPSA) is 113 Å². The Labute approximate surface area is 230 Å². The van der Waals surface area contributed by atoms with Crippen LogP contribution in [0.5, 0.6) is 0 Å². The number of aryl methyl sites for hydroxylation is 1. The summed E-state index contributed by atoms with van der Waals surface area (Å²) in [6, 6.07) is 6.26. The van der Waals surface area contributed by atoms with E-state index in [1.54, 1.807) is 0 Å². The number of hydrogen-bond donors (Lipinski definition) is 0. The van der Waals surface area contributed by atoms with E-state index < -0.39 is 87.5 Å². The molecule has 2 saturated carbocycles. The second-order valence-electron chi connectivity index (χ2n) is 11.1. The highest BCUT2D eigenvalue weighted by atomic mass is 32.2. The Morgan fingerprint density at radius 1 is 1.07 bits per heavy atom. The van der Waals surface area contributed by atoms with Crippen LogP contribution in [0.4, 0.5) is 26.3 Å². The van der Waals surface area contributed by atoms with Crippen molar-refractivity contribution in [3.63, 3.8) is 0 Å². The third kappa shape index (κ3) is 5.00. The Balaban J connectivity index is 1.42. The van der Waals surface area contributed by atoms with Gasteiger partial charge in [-0.25, -0.2) is 8.42 Å². The van der Waals surface area contributed by atoms with Gasteiger partial charge in [-0.3, -0.25) is 14.3 Å². The number of halogens is 6. The molecule has 220 valence electrons. The largest absolute Gasteiger partial charge is 0.435 e. The number of hydrogen-bond acceptors (Lipinski definition) is 6. The minimum atomic E-state index is -4.87. The lowest BCUT2D eigenvalue weighted by Gasteiger charge is -2.29. The van der Waals surface area contributed by atoms with Crippen molar-refractivity contribution >= 4 is 21.5 Å². The molecule has 0 unspecified atom stereocenters. The van der Waals surface area contributed by atoms with E-state index in [0.717, 1.165) is 27.8 Å². The molecule has 1 aliphatic heterocycles. The lowest BCUT2D eigenvalue weighted by atomic mass is 9.95. The fourth-order valence-corrected chi connectivity index (χ4v) is 7.08. The van der Waals surface area contributed by atoms with Gasteiger partial charge in [0.05, 0.1) is 33.4 Å². The molecule has 3 aliphatic rings. The van der Waals surface area contributed by atoms with Gasteiger partial charge in [0.2, 0.25) is 5.91 Å². The highest BCUT2D eigenvalue weighted by molar-refractivity contribution is 7.92. The Kier molecular flexibility index (Phi) is 6.60. The fourth-order valence-electron chi connectivity index (χ4n) is 5.38. The van der Waals surface area contributed by atoms with E-state index >= 15 is 0 Å². The molecule has 0 radical (unpaired) electrons. The molecule has 2 heterocycles. The van der Waals surface area contributed by atoms with E-state index in [1.165, 1.54) is 19.2 Å². The van der Waals surface area contributed by atoms with Crippen molar-refractivity contribution in [3.8, 4) is 17.3 Å². The highest BCUT2D eigenvalue weighted by Crippen LogP contribution is 2.59. The maximum absolute atomic E-state index is 13.8. The highest BCUT2D eigenvalue weighted by Gasteiger charge is 2.70. The molecule has 0 N–H and O–H groups in total. The van der Waals surface area contributed by atoms with Crippen molar-refractivity contribution in [2.24, 2.45) is 17.9 Å². The number of carbonyl (C=O) groups is 2. The summed E-state index contributed by atoms with van der Waals surface area (Å²) in [4.78, 5) is 26.8. The molecule has 0 spiro atoms. The van der Waals surface area contributed by atoms with Crippen molar-refractivity contribution < 1.29 is 44.3 Å². The molecule has 41 heavy (non-hydrogen) atoms. The van der Waals surface area contributed by atoms with Gasteiger partial charge in [-0.15, -0.1) is 0 Å². The van der Waals surface area contributed by atoms with Crippen LogP contribution < -0.4 is 0 Å². The van der Waals surface area contributed by atoms with Crippen LogP contribution in [0.15, 0.2) is 35.2 Å². The smallest absolute Gasteiger partial charge is 0.331 e. The molecular formula is C26H24F6N4O4S. The summed E-state index contributed by atoms with van der Waals surface area (Å²) in [7, 11) is -2.99. The first-order valence-corrected chi connectivity index (χ1v) is 14.3. The molecule has 8 nitrogen and oxygen atoms in total. The van der Waals surface area contributed by atoms with E-state index in [4.69, 9.17) is 0 Å². The number of nitriles is 1.